The van der Waals surface area contributed by atoms with E-state index in [0.717, 1.165) is 16.6 Å². The van der Waals surface area contributed by atoms with Crippen molar-refractivity contribution in [2.45, 2.75) is 32.1 Å². The van der Waals surface area contributed by atoms with Gasteiger partial charge in [0.05, 0.1) is 15.1 Å². The number of amides is 1. The largest absolute Gasteiger partial charge is 0.298 e. The maximum absolute atomic E-state index is 12.5. The molecule has 1 aromatic heterocycles. The molecule has 148 valence electrons. The number of hydrogen-bond donors (Lipinski definition) is 1. The standard InChI is InChI=1S/C20H23N3O3S2/c1-4-14-7-12-17-18(13-14)27-20(21-17)22-19(24)15-8-10-16(11-9-15)28(25,26)23(5-2)6-3/h7-13H,4-6H2,1-3H3,(H,21,22,24). The summed E-state index contributed by atoms with van der Waals surface area (Å²) in [6.07, 6.45) is 0.943. The number of aromatic nitrogens is 1. The van der Waals surface area contributed by atoms with Gasteiger partial charge in [-0.15, -0.1) is 0 Å². The van der Waals surface area contributed by atoms with E-state index >= 15 is 0 Å². The molecule has 1 heterocycles. The Balaban J connectivity index is 1.78. The number of nitrogens with zero attached hydrogens (tertiary/aromatic N) is 2. The first-order valence-electron chi connectivity index (χ1n) is 9.20. The number of benzene rings is 2. The van der Waals surface area contributed by atoms with Crippen molar-refractivity contribution in [2.75, 3.05) is 18.4 Å². The van der Waals surface area contributed by atoms with Crippen molar-refractivity contribution < 1.29 is 13.2 Å². The van der Waals surface area contributed by atoms with Crippen LogP contribution in [0.3, 0.4) is 0 Å². The van der Waals surface area contributed by atoms with Gasteiger partial charge in [0.15, 0.2) is 5.13 Å². The second-order valence-corrected chi connectivity index (χ2v) is 9.21. The molecule has 0 saturated heterocycles. The monoisotopic (exact) mass is 417 g/mol. The van der Waals surface area contributed by atoms with Gasteiger partial charge in [0, 0.05) is 18.7 Å². The molecule has 3 aromatic rings. The first kappa shape index (κ1) is 20.4. The fourth-order valence-electron chi connectivity index (χ4n) is 2.90. The minimum absolute atomic E-state index is 0.180. The van der Waals surface area contributed by atoms with Crippen LogP contribution in [0.4, 0.5) is 5.13 Å². The predicted molar refractivity (Wildman–Crippen MR) is 114 cm³/mol. The fourth-order valence-corrected chi connectivity index (χ4v) is 5.29. The van der Waals surface area contributed by atoms with Crippen LogP contribution in [0.15, 0.2) is 47.4 Å². The van der Waals surface area contributed by atoms with Gasteiger partial charge >= 0.3 is 0 Å². The summed E-state index contributed by atoms with van der Waals surface area (Å²) in [5, 5.41) is 3.32. The molecule has 28 heavy (non-hydrogen) atoms. The van der Waals surface area contributed by atoms with Crippen LogP contribution in [0.25, 0.3) is 10.2 Å². The molecule has 0 aliphatic heterocycles. The van der Waals surface area contributed by atoms with Crippen molar-refractivity contribution in [1.82, 2.24) is 9.29 Å². The number of nitrogens with one attached hydrogen (secondary N) is 1. The van der Waals surface area contributed by atoms with Gasteiger partial charge in [-0.1, -0.05) is 38.2 Å². The number of rotatable bonds is 7. The van der Waals surface area contributed by atoms with E-state index in [1.807, 2.05) is 12.1 Å². The lowest BCUT2D eigenvalue weighted by molar-refractivity contribution is 0.102. The van der Waals surface area contributed by atoms with Crippen molar-refractivity contribution in [1.29, 1.82) is 0 Å². The highest BCUT2D eigenvalue weighted by atomic mass is 32.2. The summed E-state index contributed by atoms with van der Waals surface area (Å²) < 4.78 is 27.5. The van der Waals surface area contributed by atoms with Gasteiger partial charge in [-0.2, -0.15) is 4.31 Å². The molecule has 0 spiro atoms. The zero-order valence-corrected chi connectivity index (χ0v) is 17.7. The number of carbonyl (C=O) groups excluding carboxylic acids is 1. The van der Waals surface area contributed by atoms with E-state index in [2.05, 4.69) is 23.3 Å². The van der Waals surface area contributed by atoms with Crippen LogP contribution in [0.1, 0.15) is 36.7 Å². The van der Waals surface area contributed by atoms with Crippen LogP contribution in [-0.2, 0) is 16.4 Å². The number of sulfonamides is 1. The molecular weight excluding hydrogens is 394 g/mol. The summed E-state index contributed by atoms with van der Waals surface area (Å²) >= 11 is 1.42. The summed E-state index contributed by atoms with van der Waals surface area (Å²) in [6.45, 7) is 6.49. The van der Waals surface area contributed by atoms with Crippen LogP contribution >= 0.6 is 11.3 Å². The summed E-state index contributed by atoms with van der Waals surface area (Å²) in [7, 11) is -3.54. The molecular formula is C20H23N3O3S2. The minimum Gasteiger partial charge on any atom is -0.298 e. The quantitative estimate of drug-likeness (QED) is 0.626. The summed E-state index contributed by atoms with van der Waals surface area (Å²) in [4.78, 5) is 17.1. The van der Waals surface area contributed by atoms with Crippen LogP contribution in [0.5, 0.6) is 0 Å². The smallest absolute Gasteiger partial charge is 0.257 e. The van der Waals surface area contributed by atoms with Gasteiger partial charge in [-0.3, -0.25) is 10.1 Å². The van der Waals surface area contributed by atoms with E-state index in [0.29, 0.717) is 23.8 Å². The van der Waals surface area contributed by atoms with Gasteiger partial charge in [0.25, 0.3) is 5.91 Å². The summed E-state index contributed by atoms with van der Waals surface area (Å²) in [5.41, 5.74) is 2.45. The zero-order chi connectivity index (χ0) is 20.3. The summed E-state index contributed by atoms with van der Waals surface area (Å²) in [6, 6.07) is 12.0. The van der Waals surface area contributed by atoms with Crippen molar-refractivity contribution in [3.8, 4) is 0 Å². The van der Waals surface area contributed by atoms with Crippen molar-refractivity contribution in [2.24, 2.45) is 0 Å². The molecule has 8 heteroatoms. The number of fused-ring (bicyclic) bond motifs is 1. The normalized spacial score (nSPS) is 11.9. The van der Waals surface area contributed by atoms with Gasteiger partial charge in [-0.25, -0.2) is 13.4 Å². The van der Waals surface area contributed by atoms with Crippen LogP contribution in [0.2, 0.25) is 0 Å². The van der Waals surface area contributed by atoms with Gasteiger partial charge in [0.1, 0.15) is 0 Å². The summed E-state index contributed by atoms with van der Waals surface area (Å²) in [5.74, 6) is -0.318. The average Bonchev–Trinajstić information content (AvgIpc) is 3.10. The zero-order valence-electron chi connectivity index (χ0n) is 16.1. The minimum atomic E-state index is -3.54. The molecule has 0 aliphatic rings. The molecule has 3 rings (SSSR count). The topological polar surface area (TPSA) is 79.4 Å². The van der Waals surface area contributed by atoms with Crippen molar-refractivity contribution in [3.63, 3.8) is 0 Å². The van der Waals surface area contributed by atoms with E-state index in [-0.39, 0.29) is 10.8 Å². The molecule has 1 N–H and O–H groups in total. The molecule has 0 saturated carbocycles. The Morgan fingerprint density at radius 3 is 2.36 bits per heavy atom. The van der Waals surface area contributed by atoms with E-state index < -0.39 is 10.0 Å². The molecule has 0 radical (unpaired) electrons. The maximum atomic E-state index is 12.5. The Hall–Kier alpha value is -2.29. The Morgan fingerprint density at radius 2 is 1.75 bits per heavy atom. The molecule has 2 aromatic carbocycles. The number of aryl methyl sites for hydroxylation is 1. The lowest BCUT2D eigenvalue weighted by Crippen LogP contribution is -2.30. The molecule has 0 fully saturated rings. The van der Waals surface area contributed by atoms with Gasteiger partial charge < -0.3 is 0 Å². The second-order valence-electron chi connectivity index (χ2n) is 6.24. The molecule has 0 atom stereocenters. The SMILES string of the molecule is CCc1ccc2nc(NC(=O)c3ccc(S(=O)(=O)N(CC)CC)cc3)sc2c1. The fraction of sp³-hybridized carbons (Fsp3) is 0.300. The molecule has 0 aliphatic carbocycles. The Bertz CT molecular complexity index is 1090. The molecule has 0 bridgehead atoms. The number of anilines is 1. The van der Waals surface area contributed by atoms with Crippen LogP contribution in [0, 0.1) is 0 Å². The average molecular weight is 418 g/mol. The van der Waals surface area contributed by atoms with Crippen LogP contribution in [-0.4, -0.2) is 36.7 Å². The Kier molecular flexibility index (Phi) is 6.12. The lowest BCUT2D eigenvalue weighted by Gasteiger charge is -2.18. The van der Waals surface area contributed by atoms with Crippen LogP contribution < -0.4 is 5.32 Å². The number of thiazole rings is 1. The number of hydrogen-bond acceptors (Lipinski definition) is 5. The maximum Gasteiger partial charge on any atom is 0.257 e. The number of carbonyl (C=O) groups is 1. The molecule has 1 amide bonds. The van der Waals surface area contributed by atoms with Gasteiger partial charge in [-0.05, 0) is 48.4 Å². The van der Waals surface area contributed by atoms with Crippen molar-refractivity contribution >= 4 is 42.6 Å². The van der Waals surface area contributed by atoms with Crippen molar-refractivity contribution in [3.05, 3.63) is 53.6 Å². The highest BCUT2D eigenvalue weighted by Gasteiger charge is 2.21. The van der Waals surface area contributed by atoms with Gasteiger partial charge in [0.2, 0.25) is 10.0 Å². The third-order valence-electron chi connectivity index (χ3n) is 4.54. The second kappa shape index (κ2) is 8.38. The van der Waals surface area contributed by atoms with E-state index in [1.165, 1.54) is 45.5 Å². The van der Waals surface area contributed by atoms with E-state index in [4.69, 9.17) is 0 Å². The third-order valence-corrected chi connectivity index (χ3v) is 7.54. The van der Waals surface area contributed by atoms with E-state index in [9.17, 15) is 13.2 Å². The Labute approximate surface area is 169 Å². The highest BCUT2D eigenvalue weighted by molar-refractivity contribution is 7.89. The predicted octanol–water partition coefficient (Wildman–Crippen LogP) is 4.14. The van der Waals surface area contributed by atoms with E-state index in [1.54, 1.807) is 13.8 Å². The first-order chi connectivity index (χ1) is 13.4. The molecule has 6 nitrogen and oxygen atoms in total. The third kappa shape index (κ3) is 4.09. The first-order valence-corrected chi connectivity index (χ1v) is 11.5. The lowest BCUT2D eigenvalue weighted by atomic mass is 10.2. The molecule has 0 unspecified atom stereocenters. The Morgan fingerprint density at radius 1 is 1.07 bits per heavy atom. The highest BCUT2D eigenvalue weighted by Crippen LogP contribution is 2.27.